The average molecular weight is 404 g/mol. The molecule has 2 aromatic rings. The van der Waals surface area contributed by atoms with Crippen molar-refractivity contribution >= 4 is 27.6 Å². The predicted molar refractivity (Wildman–Crippen MR) is 107 cm³/mol. The number of ether oxygens (including phenoxy) is 1. The number of benzene rings is 2. The Labute approximate surface area is 165 Å². The smallest absolute Gasteiger partial charge is 0.339 e. The van der Waals surface area contributed by atoms with Crippen LogP contribution in [0.1, 0.15) is 28.4 Å². The largest absolute Gasteiger partial charge is 0.449 e. The summed E-state index contributed by atoms with van der Waals surface area (Å²) >= 11 is 0. The van der Waals surface area contributed by atoms with Crippen LogP contribution in [0.3, 0.4) is 0 Å². The van der Waals surface area contributed by atoms with Crippen LogP contribution < -0.4 is 5.32 Å². The summed E-state index contributed by atoms with van der Waals surface area (Å²) in [7, 11) is -0.878. The highest BCUT2D eigenvalue weighted by Crippen LogP contribution is 2.19. The van der Waals surface area contributed by atoms with E-state index < -0.39 is 28.0 Å². The summed E-state index contributed by atoms with van der Waals surface area (Å²) in [5.74, 6) is -1.24. The molecule has 2 rings (SSSR count). The quantitative estimate of drug-likeness (QED) is 0.748. The van der Waals surface area contributed by atoms with E-state index in [1.54, 1.807) is 19.1 Å². The second-order valence-corrected chi connectivity index (χ2v) is 8.82. The lowest BCUT2D eigenvalue weighted by Crippen LogP contribution is -2.30. The van der Waals surface area contributed by atoms with Gasteiger partial charge in [0.25, 0.3) is 5.91 Å². The normalized spacial score (nSPS) is 12.5. The molecule has 0 spiro atoms. The first-order valence-corrected chi connectivity index (χ1v) is 10.1. The summed E-state index contributed by atoms with van der Waals surface area (Å²) in [5.41, 5.74) is 2.29. The summed E-state index contributed by atoms with van der Waals surface area (Å²) in [6.45, 7) is 5.06. The number of hydrogen-bond acceptors (Lipinski definition) is 5. The van der Waals surface area contributed by atoms with Crippen LogP contribution in [0, 0.1) is 13.8 Å². The highest BCUT2D eigenvalue weighted by molar-refractivity contribution is 7.89. The van der Waals surface area contributed by atoms with Gasteiger partial charge >= 0.3 is 5.97 Å². The van der Waals surface area contributed by atoms with Crippen molar-refractivity contribution in [2.75, 3.05) is 19.4 Å². The third-order valence-corrected chi connectivity index (χ3v) is 5.99. The van der Waals surface area contributed by atoms with Gasteiger partial charge in [0.1, 0.15) is 0 Å². The van der Waals surface area contributed by atoms with Crippen molar-refractivity contribution in [1.82, 2.24) is 4.31 Å². The number of sulfonamides is 1. The second kappa shape index (κ2) is 8.53. The molecule has 2 aromatic carbocycles. The van der Waals surface area contributed by atoms with Gasteiger partial charge in [-0.3, -0.25) is 4.79 Å². The fourth-order valence-corrected chi connectivity index (χ4v) is 3.28. The zero-order valence-corrected chi connectivity index (χ0v) is 17.3. The fraction of sp³-hybridized carbons (Fsp3) is 0.300. The van der Waals surface area contributed by atoms with E-state index in [1.165, 1.54) is 39.2 Å². The minimum absolute atomic E-state index is 0.0215. The van der Waals surface area contributed by atoms with Crippen molar-refractivity contribution in [1.29, 1.82) is 0 Å². The van der Waals surface area contributed by atoms with Gasteiger partial charge in [-0.1, -0.05) is 23.8 Å². The van der Waals surface area contributed by atoms with Gasteiger partial charge in [0.15, 0.2) is 6.10 Å². The minimum Gasteiger partial charge on any atom is -0.449 e. The fourth-order valence-electron chi connectivity index (χ4n) is 2.35. The number of carbonyl (C=O) groups excluding carboxylic acids is 2. The number of nitrogens with one attached hydrogen (secondary N) is 1. The standard InChI is InChI=1S/C20H24N2O5S/c1-13-6-9-16(10-7-13)21-19(23)15(3)27-20(24)18-12-17(11-8-14(18)2)28(25,26)22(4)5/h6-12,15H,1-5H3,(H,21,23)/t15-/m1/s1. The van der Waals surface area contributed by atoms with E-state index in [9.17, 15) is 18.0 Å². The molecule has 0 aliphatic rings. The zero-order chi connectivity index (χ0) is 21.1. The van der Waals surface area contributed by atoms with Gasteiger partial charge in [-0.2, -0.15) is 0 Å². The Hall–Kier alpha value is -2.71. The van der Waals surface area contributed by atoms with Crippen molar-refractivity contribution in [3.05, 3.63) is 59.2 Å². The van der Waals surface area contributed by atoms with E-state index in [0.29, 0.717) is 11.3 Å². The van der Waals surface area contributed by atoms with Crippen molar-refractivity contribution in [3.8, 4) is 0 Å². The van der Waals surface area contributed by atoms with Crippen LogP contribution in [0.25, 0.3) is 0 Å². The maximum Gasteiger partial charge on any atom is 0.339 e. The van der Waals surface area contributed by atoms with E-state index in [2.05, 4.69) is 5.32 Å². The molecule has 1 atom stereocenters. The molecular weight excluding hydrogens is 380 g/mol. The van der Waals surface area contributed by atoms with Gasteiger partial charge in [-0.25, -0.2) is 17.5 Å². The van der Waals surface area contributed by atoms with E-state index in [0.717, 1.165) is 9.87 Å². The summed E-state index contributed by atoms with van der Waals surface area (Å²) in [5, 5.41) is 2.67. The molecule has 1 amide bonds. The lowest BCUT2D eigenvalue weighted by molar-refractivity contribution is -0.123. The van der Waals surface area contributed by atoms with Gasteiger partial charge in [0.2, 0.25) is 10.0 Å². The highest BCUT2D eigenvalue weighted by Gasteiger charge is 2.23. The van der Waals surface area contributed by atoms with Crippen LogP contribution in [0.15, 0.2) is 47.4 Å². The van der Waals surface area contributed by atoms with Crippen molar-refractivity contribution < 1.29 is 22.7 Å². The van der Waals surface area contributed by atoms with Crippen molar-refractivity contribution in [3.63, 3.8) is 0 Å². The van der Waals surface area contributed by atoms with E-state index in [1.807, 2.05) is 19.1 Å². The van der Waals surface area contributed by atoms with Gasteiger partial charge in [-0.15, -0.1) is 0 Å². The van der Waals surface area contributed by atoms with Gasteiger partial charge in [-0.05, 0) is 50.6 Å². The summed E-state index contributed by atoms with van der Waals surface area (Å²) < 4.78 is 30.9. The molecule has 0 saturated carbocycles. The Balaban J connectivity index is 2.15. The molecule has 150 valence electrons. The first-order valence-electron chi connectivity index (χ1n) is 8.64. The maximum absolute atomic E-state index is 12.5. The first kappa shape index (κ1) is 21.6. The molecular formula is C20H24N2O5S. The second-order valence-electron chi connectivity index (χ2n) is 6.67. The third-order valence-electron chi connectivity index (χ3n) is 4.18. The number of aryl methyl sites for hydroxylation is 2. The van der Waals surface area contributed by atoms with Crippen molar-refractivity contribution in [2.24, 2.45) is 0 Å². The topological polar surface area (TPSA) is 92.8 Å². The zero-order valence-electron chi connectivity index (χ0n) is 16.5. The van der Waals surface area contributed by atoms with Crippen molar-refractivity contribution in [2.45, 2.75) is 31.8 Å². The molecule has 0 radical (unpaired) electrons. The monoisotopic (exact) mass is 404 g/mol. The number of esters is 1. The Morgan fingerprint density at radius 2 is 1.64 bits per heavy atom. The molecule has 7 nitrogen and oxygen atoms in total. The Morgan fingerprint density at radius 3 is 2.21 bits per heavy atom. The predicted octanol–water partition coefficient (Wildman–Crippen LogP) is 2.74. The van der Waals surface area contributed by atoms with E-state index in [4.69, 9.17) is 4.74 Å². The van der Waals surface area contributed by atoms with Crippen LogP contribution in [-0.4, -0.2) is 44.8 Å². The maximum atomic E-state index is 12.5. The summed E-state index contributed by atoms with van der Waals surface area (Å²) in [6.07, 6.45) is -1.05. The first-order chi connectivity index (χ1) is 13.0. The number of rotatable bonds is 6. The molecule has 0 saturated heterocycles. The molecule has 28 heavy (non-hydrogen) atoms. The van der Waals surface area contributed by atoms with E-state index in [-0.39, 0.29) is 10.5 Å². The molecule has 0 aromatic heterocycles. The van der Waals surface area contributed by atoms with Crippen LogP contribution in [-0.2, 0) is 19.6 Å². The Morgan fingerprint density at radius 1 is 1.04 bits per heavy atom. The Kier molecular flexibility index (Phi) is 6.58. The Bertz CT molecular complexity index is 982. The number of nitrogens with zero attached hydrogens (tertiary/aromatic N) is 1. The van der Waals surface area contributed by atoms with Gasteiger partial charge < -0.3 is 10.1 Å². The molecule has 0 fully saturated rings. The molecule has 0 heterocycles. The van der Waals surface area contributed by atoms with Gasteiger partial charge in [0.05, 0.1) is 10.5 Å². The lowest BCUT2D eigenvalue weighted by Gasteiger charge is -2.16. The van der Waals surface area contributed by atoms with Crippen LogP contribution in [0.2, 0.25) is 0 Å². The highest BCUT2D eigenvalue weighted by atomic mass is 32.2. The molecule has 8 heteroatoms. The summed E-state index contributed by atoms with van der Waals surface area (Å²) in [6, 6.07) is 11.4. The van der Waals surface area contributed by atoms with Crippen LogP contribution >= 0.6 is 0 Å². The lowest BCUT2D eigenvalue weighted by atomic mass is 10.1. The number of hydrogen-bond donors (Lipinski definition) is 1. The average Bonchev–Trinajstić information content (AvgIpc) is 2.63. The van der Waals surface area contributed by atoms with Crippen LogP contribution in [0.5, 0.6) is 0 Å². The molecule has 0 aliphatic heterocycles. The number of carbonyl (C=O) groups is 2. The molecule has 0 bridgehead atoms. The molecule has 0 unspecified atom stereocenters. The number of amides is 1. The SMILES string of the molecule is Cc1ccc(NC(=O)[C@@H](C)OC(=O)c2cc(S(=O)(=O)N(C)C)ccc2C)cc1. The van der Waals surface area contributed by atoms with E-state index >= 15 is 0 Å². The molecule has 1 N–H and O–H groups in total. The minimum atomic E-state index is -3.69. The molecule has 0 aliphatic carbocycles. The van der Waals surface area contributed by atoms with Gasteiger partial charge in [0, 0.05) is 19.8 Å². The van der Waals surface area contributed by atoms with Crippen LogP contribution in [0.4, 0.5) is 5.69 Å². The number of anilines is 1. The third kappa shape index (κ3) is 4.96. The summed E-state index contributed by atoms with van der Waals surface area (Å²) in [4.78, 5) is 24.8.